The molecule has 0 aliphatic carbocycles. The van der Waals surface area contributed by atoms with Crippen LogP contribution in [-0.2, 0) is 6.54 Å². The molecule has 0 radical (unpaired) electrons. The van der Waals surface area contributed by atoms with Crippen molar-refractivity contribution in [1.82, 2.24) is 19.7 Å². The number of nitrogens with zero attached hydrogens (tertiary/aromatic N) is 4. The van der Waals surface area contributed by atoms with E-state index in [0.717, 1.165) is 17.0 Å². The first-order valence-electron chi connectivity index (χ1n) is 8.12. The first-order valence-corrected chi connectivity index (χ1v) is 8.94. The van der Waals surface area contributed by atoms with Crippen LogP contribution in [0.4, 0.5) is 8.78 Å². The molecular formula is C18H13F2N5O2S. The Bertz CT molecular complexity index is 1150. The fraction of sp³-hybridized carbons (Fsp3) is 0.111. The molecule has 0 bridgehead atoms. The summed E-state index contributed by atoms with van der Waals surface area (Å²) in [6, 6.07) is 5.04. The number of aryl methyl sites for hydroxylation is 1. The van der Waals surface area contributed by atoms with Gasteiger partial charge in [-0.25, -0.2) is 18.7 Å². The average molecular weight is 401 g/mol. The smallest absolute Gasteiger partial charge is 0.269 e. The van der Waals surface area contributed by atoms with Gasteiger partial charge in [0.2, 0.25) is 0 Å². The fourth-order valence-corrected chi connectivity index (χ4v) is 3.60. The quantitative estimate of drug-likeness (QED) is 0.553. The number of benzene rings is 1. The lowest BCUT2D eigenvalue weighted by atomic mass is 10.2. The van der Waals surface area contributed by atoms with Crippen molar-refractivity contribution in [3.05, 3.63) is 64.5 Å². The number of hydrogen-bond donors (Lipinski definition) is 1. The highest BCUT2D eigenvalue weighted by Gasteiger charge is 2.22. The van der Waals surface area contributed by atoms with Crippen LogP contribution in [0.5, 0.6) is 0 Å². The lowest BCUT2D eigenvalue weighted by Gasteiger charge is -2.08. The van der Waals surface area contributed by atoms with E-state index in [9.17, 15) is 13.6 Å². The minimum atomic E-state index is -0.755. The minimum absolute atomic E-state index is 0.0307. The molecule has 4 rings (SSSR count). The summed E-state index contributed by atoms with van der Waals surface area (Å²) in [6.45, 7) is 1.59. The molecule has 2 N–H and O–H groups in total. The number of aromatic nitrogens is 4. The molecule has 0 aliphatic heterocycles. The van der Waals surface area contributed by atoms with Gasteiger partial charge in [-0.05, 0) is 25.1 Å². The number of amides is 1. The van der Waals surface area contributed by atoms with Gasteiger partial charge in [0.25, 0.3) is 11.8 Å². The highest BCUT2D eigenvalue weighted by atomic mass is 32.1. The van der Waals surface area contributed by atoms with E-state index in [1.54, 1.807) is 0 Å². The van der Waals surface area contributed by atoms with Crippen LogP contribution < -0.4 is 5.73 Å². The summed E-state index contributed by atoms with van der Waals surface area (Å²) in [4.78, 5) is 21.0. The molecule has 28 heavy (non-hydrogen) atoms. The Kier molecular flexibility index (Phi) is 4.47. The molecule has 0 atom stereocenters. The van der Waals surface area contributed by atoms with Gasteiger partial charge >= 0.3 is 0 Å². The summed E-state index contributed by atoms with van der Waals surface area (Å²) in [6.07, 6.45) is 2.93. The van der Waals surface area contributed by atoms with E-state index in [1.165, 1.54) is 40.6 Å². The van der Waals surface area contributed by atoms with Gasteiger partial charge in [0, 0.05) is 10.4 Å². The van der Waals surface area contributed by atoms with Crippen molar-refractivity contribution in [2.45, 2.75) is 13.5 Å². The van der Waals surface area contributed by atoms with E-state index in [0.29, 0.717) is 22.3 Å². The Morgan fingerprint density at radius 3 is 2.71 bits per heavy atom. The summed E-state index contributed by atoms with van der Waals surface area (Å²) in [5.41, 5.74) is 6.03. The van der Waals surface area contributed by atoms with Crippen molar-refractivity contribution in [2.24, 2.45) is 5.73 Å². The van der Waals surface area contributed by atoms with Gasteiger partial charge in [0.15, 0.2) is 10.7 Å². The highest BCUT2D eigenvalue weighted by molar-refractivity contribution is 7.15. The number of hydrogen-bond acceptors (Lipinski definition) is 6. The van der Waals surface area contributed by atoms with E-state index < -0.39 is 17.5 Å². The normalized spacial score (nSPS) is 11.1. The van der Waals surface area contributed by atoms with Crippen LogP contribution in [-0.4, -0.2) is 25.7 Å². The molecular weight excluding hydrogens is 388 g/mol. The second-order valence-electron chi connectivity index (χ2n) is 5.90. The van der Waals surface area contributed by atoms with E-state index in [1.807, 2.05) is 6.92 Å². The van der Waals surface area contributed by atoms with Crippen molar-refractivity contribution in [2.75, 3.05) is 0 Å². The number of nitrogens with two attached hydrogens (primary N) is 1. The van der Waals surface area contributed by atoms with Crippen molar-refractivity contribution in [3.63, 3.8) is 0 Å². The molecule has 0 aliphatic rings. The van der Waals surface area contributed by atoms with E-state index in [2.05, 4.69) is 15.1 Å². The molecule has 3 aromatic heterocycles. The van der Waals surface area contributed by atoms with E-state index >= 15 is 0 Å². The molecule has 3 heterocycles. The van der Waals surface area contributed by atoms with Crippen molar-refractivity contribution >= 4 is 17.2 Å². The molecule has 1 amide bonds. The number of rotatable bonds is 5. The third-order valence-corrected chi connectivity index (χ3v) is 5.02. The maximum atomic E-state index is 14.1. The van der Waals surface area contributed by atoms with Crippen LogP contribution in [0.1, 0.15) is 20.9 Å². The Balaban J connectivity index is 1.82. The maximum Gasteiger partial charge on any atom is 0.269 e. The van der Waals surface area contributed by atoms with E-state index in [-0.39, 0.29) is 17.8 Å². The van der Waals surface area contributed by atoms with Gasteiger partial charge < -0.3 is 10.2 Å². The molecule has 0 saturated heterocycles. The number of thiazole rings is 1. The lowest BCUT2D eigenvalue weighted by molar-refractivity contribution is 0.0995. The molecule has 10 heteroatoms. The number of carbonyl (C=O) groups excluding carboxylic acids is 1. The highest BCUT2D eigenvalue weighted by Crippen LogP contribution is 2.33. The third-order valence-electron chi connectivity index (χ3n) is 4.06. The Morgan fingerprint density at radius 2 is 2.07 bits per heavy atom. The predicted molar refractivity (Wildman–Crippen MR) is 97.5 cm³/mol. The summed E-state index contributed by atoms with van der Waals surface area (Å²) in [5, 5.41) is 4.64. The zero-order valence-electron chi connectivity index (χ0n) is 14.5. The maximum absolute atomic E-state index is 14.1. The summed E-state index contributed by atoms with van der Waals surface area (Å²) >= 11 is 1.33. The number of oxazole rings is 1. The molecule has 4 aromatic rings. The SMILES string of the molecule is Cc1sc(-c2ncco2)nc1-c1cc(C(N)=O)nn1Cc1c(F)cccc1F. The van der Waals surface area contributed by atoms with Crippen LogP contribution in [0.3, 0.4) is 0 Å². The van der Waals surface area contributed by atoms with Crippen LogP contribution in [0, 0.1) is 18.6 Å². The van der Waals surface area contributed by atoms with Crippen molar-refractivity contribution < 1.29 is 18.0 Å². The third kappa shape index (κ3) is 3.18. The molecule has 1 aromatic carbocycles. The topological polar surface area (TPSA) is 99.8 Å². The minimum Gasteiger partial charge on any atom is -0.443 e. The molecule has 142 valence electrons. The van der Waals surface area contributed by atoms with E-state index in [4.69, 9.17) is 10.2 Å². The molecule has 0 fully saturated rings. The number of carbonyl (C=O) groups is 1. The summed E-state index contributed by atoms with van der Waals surface area (Å²) in [7, 11) is 0. The zero-order chi connectivity index (χ0) is 19.8. The predicted octanol–water partition coefficient (Wildman–Crippen LogP) is 3.40. The van der Waals surface area contributed by atoms with Gasteiger partial charge in [-0.3, -0.25) is 9.48 Å². The van der Waals surface area contributed by atoms with Gasteiger partial charge in [0.05, 0.1) is 18.4 Å². The van der Waals surface area contributed by atoms with Crippen molar-refractivity contribution in [3.8, 4) is 22.3 Å². The Labute approximate surface area is 161 Å². The van der Waals surface area contributed by atoms with Gasteiger partial charge in [0.1, 0.15) is 23.6 Å². The molecule has 7 nitrogen and oxygen atoms in total. The van der Waals surface area contributed by atoms with Crippen LogP contribution in [0.2, 0.25) is 0 Å². The van der Waals surface area contributed by atoms with Gasteiger partial charge in [-0.2, -0.15) is 5.10 Å². The summed E-state index contributed by atoms with van der Waals surface area (Å²) < 4.78 is 34.8. The number of halogens is 2. The fourth-order valence-electron chi connectivity index (χ4n) is 2.74. The van der Waals surface area contributed by atoms with Crippen LogP contribution in [0.25, 0.3) is 22.3 Å². The largest absolute Gasteiger partial charge is 0.443 e. The van der Waals surface area contributed by atoms with Gasteiger partial charge in [-0.1, -0.05) is 6.07 Å². The summed E-state index contributed by atoms with van der Waals surface area (Å²) in [5.74, 6) is -1.83. The first-order chi connectivity index (χ1) is 13.4. The molecule has 0 saturated carbocycles. The van der Waals surface area contributed by atoms with Crippen LogP contribution >= 0.6 is 11.3 Å². The second kappa shape index (κ2) is 6.97. The Morgan fingerprint density at radius 1 is 1.32 bits per heavy atom. The first kappa shape index (κ1) is 18.0. The zero-order valence-corrected chi connectivity index (χ0v) is 15.3. The monoisotopic (exact) mass is 401 g/mol. The number of primary amides is 1. The molecule has 0 unspecified atom stereocenters. The molecule has 0 spiro atoms. The van der Waals surface area contributed by atoms with Crippen LogP contribution in [0.15, 0.2) is 41.1 Å². The second-order valence-corrected chi connectivity index (χ2v) is 7.10. The average Bonchev–Trinajstić information content (AvgIpc) is 3.37. The van der Waals surface area contributed by atoms with Gasteiger partial charge in [-0.15, -0.1) is 11.3 Å². The standard InChI is InChI=1S/C18H13F2N5O2S/c1-9-15(23-18(28-9)17-22-5-6-27-17)14-7-13(16(21)26)24-25(14)8-10-11(19)3-2-4-12(10)20/h2-7H,8H2,1H3,(H2,21,26). The lowest BCUT2D eigenvalue weighted by Crippen LogP contribution is -2.13. The Hall–Kier alpha value is -3.40. The van der Waals surface area contributed by atoms with Crippen molar-refractivity contribution in [1.29, 1.82) is 0 Å².